The van der Waals surface area contributed by atoms with E-state index in [4.69, 9.17) is 25.8 Å². The molecule has 2 aliphatic heterocycles. The number of ether oxygens (including phenoxy) is 3. The first-order valence-corrected chi connectivity index (χ1v) is 12.4. The molecule has 0 radical (unpaired) electrons. The van der Waals surface area contributed by atoms with Gasteiger partial charge in [-0.1, -0.05) is 11.6 Å². The predicted molar refractivity (Wildman–Crippen MR) is 134 cm³/mol. The fourth-order valence-electron chi connectivity index (χ4n) is 4.23. The van der Waals surface area contributed by atoms with E-state index in [-0.39, 0.29) is 17.9 Å². The maximum absolute atomic E-state index is 12.8. The summed E-state index contributed by atoms with van der Waals surface area (Å²) < 4.78 is 16.0. The molecular weight excluding hydrogens is 472 g/mol. The van der Waals surface area contributed by atoms with Gasteiger partial charge in [-0.15, -0.1) is 0 Å². The summed E-state index contributed by atoms with van der Waals surface area (Å²) in [6.07, 6.45) is 7.65. The molecule has 2 aromatic heterocycles. The molecule has 11 heteroatoms. The summed E-state index contributed by atoms with van der Waals surface area (Å²) >= 11 is 6.43. The Morgan fingerprint density at radius 2 is 2.09 bits per heavy atom. The third-order valence-electron chi connectivity index (χ3n) is 6.27. The Morgan fingerprint density at radius 1 is 1.23 bits per heavy atom. The van der Waals surface area contributed by atoms with E-state index in [1.54, 1.807) is 25.6 Å². The molecule has 0 aliphatic carbocycles. The number of nitrogens with one attached hydrogen (secondary N) is 3. The van der Waals surface area contributed by atoms with E-state index in [1.165, 1.54) is 6.20 Å². The first-order valence-electron chi connectivity index (χ1n) is 12.0. The largest absolute Gasteiger partial charge is 0.382 e. The monoisotopic (exact) mass is 504 g/mol. The van der Waals surface area contributed by atoms with Crippen molar-refractivity contribution in [1.82, 2.24) is 20.3 Å². The highest BCUT2D eigenvalue weighted by molar-refractivity contribution is 6.33. The molecule has 0 spiro atoms. The van der Waals surface area contributed by atoms with E-state index in [9.17, 15) is 4.79 Å². The molecule has 2 aromatic rings. The summed E-state index contributed by atoms with van der Waals surface area (Å²) in [5.74, 6) is 1.42. The van der Waals surface area contributed by atoms with Crippen molar-refractivity contribution in [3.63, 3.8) is 0 Å². The van der Waals surface area contributed by atoms with Crippen molar-refractivity contribution in [2.45, 2.75) is 25.3 Å². The molecule has 4 rings (SSSR count). The Labute approximate surface area is 210 Å². The summed E-state index contributed by atoms with van der Waals surface area (Å²) in [5, 5.41) is 10.1. The van der Waals surface area contributed by atoms with Gasteiger partial charge in [0.15, 0.2) is 0 Å². The second kappa shape index (κ2) is 13.1. The van der Waals surface area contributed by atoms with Crippen LogP contribution in [0.25, 0.3) is 11.3 Å². The van der Waals surface area contributed by atoms with E-state index in [2.05, 4.69) is 30.9 Å². The number of carbonyl (C=O) groups is 1. The number of carbonyl (C=O) groups excluding carboxylic acids is 1. The molecule has 3 N–H and O–H groups in total. The highest BCUT2D eigenvalue weighted by Gasteiger charge is 2.30. The van der Waals surface area contributed by atoms with Crippen molar-refractivity contribution in [2.75, 3.05) is 63.9 Å². The first kappa shape index (κ1) is 25.7. The van der Waals surface area contributed by atoms with Gasteiger partial charge >= 0.3 is 0 Å². The molecule has 2 saturated heterocycles. The third-order valence-corrected chi connectivity index (χ3v) is 6.57. The van der Waals surface area contributed by atoms with E-state index in [0.29, 0.717) is 66.6 Å². The van der Waals surface area contributed by atoms with Crippen molar-refractivity contribution in [2.24, 2.45) is 11.8 Å². The van der Waals surface area contributed by atoms with Crippen LogP contribution in [-0.4, -0.2) is 80.1 Å². The smallest absolute Gasteiger partial charge is 0.229 e. The predicted octanol–water partition coefficient (Wildman–Crippen LogP) is 2.61. The van der Waals surface area contributed by atoms with Crippen LogP contribution in [0.5, 0.6) is 0 Å². The molecular formula is C24H33ClN6O4. The van der Waals surface area contributed by atoms with Gasteiger partial charge in [0, 0.05) is 51.2 Å². The fourth-order valence-corrected chi connectivity index (χ4v) is 4.43. The maximum atomic E-state index is 12.8. The lowest BCUT2D eigenvalue weighted by Crippen LogP contribution is -2.27. The summed E-state index contributed by atoms with van der Waals surface area (Å²) in [4.78, 5) is 26.1. The standard InChI is InChI=1S/C24H33ClN6O4/c1-33-6-7-35-15-18-8-17(11-27-18)24(32)31-22-9-19(20(25)12-29-22)21-13-26-14-23(30-21)28-10-16-2-4-34-5-3-16/h9,12-14,16-18,27H,2-8,10-11,15H2,1H3,(H,28,30)(H,29,31,32)/t17-,18+/m1/s1. The number of nitrogens with zero attached hydrogens (tertiary/aromatic N) is 3. The van der Waals surface area contributed by atoms with E-state index >= 15 is 0 Å². The number of hydrogen-bond donors (Lipinski definition) is 3. The zero-order chi connectivity index (χ0) is 24.5. The molecule has 1 amide bonds. The number of pyridine rings is 1. The lowest BCUT2D eigenvalue weighted by molar-refractivity contribution is -0.119. The second-order valence-corrected chi connectivity index (χ2v) is 9.28. The number of hydrogen-bond acceptors (Lipinski definition) is 9. The van der Waals surface area contributed by atoms with Crippen molar-refractivity contribution in [3.8, 4) is 11.3 Å². The number of methoxy groups -OCH3 is 1. The quantitative estimate of drug-likeness (QED) is 0.396. The van der Waals surface area contributed by atoms with Gasteiger partial charge in [-0.05, 0) is 31.2 Å². The van der Waals surface area contributed by atoms with Crippen molar-refractivity contribution < 1.29 is 19.0 Å². The van der Waals surface area contributed by atoms with Gasteiger partial charge in [0.2, 0.25) is 5.91 Å². The number of aromatic nitrogens is 3. The molecule has 0 aromatic carbocycles. The molecule has 2 aliphatic rings. The average Bonchev–Trinajstić information content (AvgIpc) is 3.37. The molecule has 2 fully saturated rings. The number of anilines is 2. The van der Waals surface area contributed by atoms with Crippen LogP contribution >= 0.6 is 11.6 Å². The molecule has 2 atom stereocenters. The Kier molecular flexibility index (Phi) is 9.61. The highest BCUT2D eigenvalue weighted by atomic mass is 35.5. The van der Waals surface area contributed by atoms with Crippen molar-refractivity contribution >= 4 is 29.1 Å². The van der Waals surface area contributed by atoms with Crippen LogP contribution in [0.1, 0.15) is 19.3 Å². The summed E-state index contributed by atoms with van der Waals surface area (Å²) in [5.41, 5.74) is 1.27. The first-order chi connectivity index (χ1) is 17.1. The lowest BCUT2D eigenvalue weighted by Gasteiger charge is -2.22. The SMILES string of the molecule is COCCOC[C@@H]1C[C@@H](C(=O)Nc2cc(-c3cncc(NCC4CCOCC4)n3)c(Cl)cn2)CN1. The van der Waals surface area contributed by atoms with Crippen LogP contribution in [0.4, 0.5) is 11.6 Å². The molecule has 0 saturated carbocycles. The van der Waals surface area contributed by atoms with Crippen LogP contribution in [0.2, 0.25) is 5.02 Å². The van der Waals surface area contributed by atoms with Crippen LogP contribution in [0.3, 0.4) is 0 Å². The van der Waals surface area contributed by atoms with Crippen molar-refractivity contribution in [3.05, 3.63) is 29.7 Å². The van der Waals surface area contributed by atoms with E-state index < -0.39 is 0 Å². The fraction of sp³-hybridized carbons (Fsp3) is 0.583. The van der Waals surface area contributed by atoms with Gasteiger partial charge in [0.25, 0.3) is 0 Å². The molecule has 0 bridgehead atoms. The van der Waals surface area contributed by atoms with Crippen LogP contribution in [0.15, 0.2) is 24.7 Å². The van der Waals surface area contributed by atoms with Gasteiger partial charge < -0.3 is 30.2 Å². The Bertz CT molecular complexity index is 975. The number of amides is 1. The van der Waals surface area contributed by atoms with Gasteiger partial charge in [-0.3, -0.25) is 9.78 Å². The van der Waals surface area contributed by atoms with E-state index in [1.807, 2.05) is 0 Å². The van der Waals surface area contributed by atoms with Gasteiger partial charge in [-0.2, -0.15) is 0 Å². The lowest BCUT2D eigenvalue weighted by atomic mass is 10.0. The number of rotatable bonds is 11. The minimum Gasteiger partial charge on any atom is -0.382 e. The third kappa shape index (κ3) is 7.55. The molecule has 4 heterocycles. The Hall–Kier alpha value is -2.37. The van der Waals surface area contributed by atoms with Crippen molar-refractivity contribution in [1.29, 1.82) is 0 Å². The number of halogens is 1. The average molecular weight is 505 g/mol. The topological polar surface area (TPSA) is 120 Å². The van der Waals surface area contributed by atoms with Gasteiger partial charge in [-0.25, -0.2) is 9.97 Å². The minimum absolute atomic E-state index is 0.0874. The Balaban J connectivity index is 1.34. The summed E-state index contributed by atoms with van der Waals surface area (Å²) in [6.45, 7) is 4.67. The molecule has 35 heavy (non-hydrogen) atoms. The van der Waals surface area contributed by atoms with Crippen LogP contribution in [0, 0.1) is 11.8 Å². The molecule has 190 valence electrons. The van der Waals surface area contributed by atoms with Crippen LogP contribution in [-0.2, 0) is 19.0 Å². The summed E-state index contributed by atoms with van der Waals surface area (Å²) in [6, 6.07) is 1.88. The van der Waals surface area contributed by atoms with Gasteiger partial charge in [0.05, 0.1) is 48.8 Å². The Morgan fingerprint density at radius 3 is 2.91 bits per heavy atom. The normalized spacial score (nSPS) is 20.6. The molecule has 10 nitrogen and oxygen atoms in total. The second-order valence-electron chi connectivity index (χ2n) is 8.87. The summed E-state index contributed by atoms with van der Waals surface area (Å²) in [7, 11) is 1.64. The zero-order valence-electron chi connectivity index (χ0n) is 20.0. The van der Waals surface area contributed by atoms with Gasteiger partial charge in [0.1, 0.15) is 11.6 Å². The molecule has 0 unspecified atom stereocenters. The van der Waals surface area contributed by atoms with E-state index in [0.717, 1.165) is 32.6 Å². The maximum Gasteiger partial charge on any atom is 0.229 e. The van der Waals surface area contributed by atoms with Crippen LogP contribution < -0.4 is 16.0 Å². The minimum atomic E-state index is -0.163. The zero-order valence-corrected chi connectivity index (χ0v) is 20.7. The highest BCUT2D eigenvalue weighted by Crippen LogP contribution is 2.29.